The van der Waals surface area contributed by atoms with E-state index in [0.29, 0.717) is 24.9 Å². The van der Waals surface area contributed by atoms with Crippen molar-refractivity contribution in [2.75, 3.05) is 21.7 Å². The van der Waals surface area contributed by atoms with E-state index in [1.807, 2.05) is 73.0 Å². The van der Waals surface area contributed by atoms with Crippen LogP contribution in [0.5, 0.6) is 0 Å². The molecule has 174 valence electrons. The number of amides is 3. The molecule has 2 atom stereocenters. The fourth-order valence-electron chi connectivity index (χ4n) is 4.84. The van der Waals surface area contributed by atoms with Gasteiger partial charge in [0.1, 0.15) is 0 Å². The van der Waals surface area contributed by atoms with Crippen molar-refractivity contribution in [1.82, 2.24) is 0 Å². The summed E-state index contributed by atoms with van der Waals surface area (Å²) in [5, 5.41) is 5.03. The van der Waals surface area contributed by atoms with Gasteiger partial charge in [0.25, 0.3) is 0 Å². The molecule has 2 fully saturated rings. The highest BCUT2D eigenvalue weighted by Crippen LogP contribution is 2.42. The predicted molar refractivity (Wildman–Crippen MR) is 135 cm³/mol. The quantitative estimate of drug-likeness (QED) is 0.546. The number of aryl methyl sites for hydroxylation is 1. The van der Waals surface area contributed by atoms with Crippen molar-refractivity contribution in [1.29, 1.82) is 0 Å². The Hall–Kier alpha value is -3.45. The second-order valence-electron chi connectivity index (χ2n) is 8.89. The number of benzene rings is 2. The summed E-state index contributed by atoms with van der Waals surface area (Å²) < 4.78 is 0. The first-order valence-corrected chi connectivity index (χ1v) is 12.5. The van der Waals surface area contributed by atoms with Gasteiger partial charge < -0.3 is 15.1 Å². The first-order valence-electron chi connectivity index (χ1n) is 11.6. The molecule has 0 radical (unpaired) electrons. The minimum atomic E-state index is -0.377. The van der Waals surface area contributed by atoms with Gasteiger partial charge in [-0.05, 0) is 67.6 Å². The fraction of sp³-hybridized carbons (Fsp3) is 0.296. The van der Waals surface area contributed by atoms with Gasteiger partial charge in [-0.25, -0.2) is 0 Å². The molecule has 1 N–H and O–H groups in total. The van der Waals surface area contributed by atoms with Crippen molar-refractivity contribution < 1.29 is 14.4 Å². The molecule has 0 bridgehead atoms. The summed E-state index contributed by atoms with van der Waals surface area (Å²) in [6.07, 6.45) is 2.28. The van der Waals surface area contributed by atoms with Crippen molar-refractivity contribution >= 4 is 46.1 Å². The number of piperidine rings is 1. The third-order valence-electron chi connectivity index (χ3n) is 6.60. The molecule has 2 aliphatic rings. The van der Waals surface area contributed by atoms with Crippen LogP contribution in [0.15, 0.2) is 66.0 Å². The number of nitrogens with zero attached hydrogens (tertiary/aromatic N) is 2. The minimum Gasteiger partial charge on any atom is -0.326 e. The maximum Gasteiger partial charge on any atom is 0.229 e. The van der Waals surface area contributed by atoms with E-state index in [4.69, 9.17) is 0 Å². The van der Waals surface area contributed by atoms with E-state index in [-0.39, 0.29) is 29.7 Å². The van der Waals surface area contributed by atoms with Crippen LogP contribution in [0.4, 0.5) is 17.1 Å². The van der Waals surface area contributed by atoms with Crippen LogP contribution in [0.2, 0.25) is 0 Å². The van der Waals surface area contributed by atoms with Gasteiger partial charge in [0.15, 0.2) is 0 Å². The number of carbonyl (C=O) groups is 3. The lowest BCUT2D eigenvalue weighted by atomic mass is 9.86. The Morgan fingerprint density at radius 2 is 1.68 bits per heavy atom. The summed E-state index contributed by atoms with van der Waals surface area (Å²) in [7, 11) is 0. The van der Waals surface area contributed by atoms with Gasteiger partial charge in [0.2, 0.25) is 17.7 Å². The third-order valence-corrected chi connectivity index (χ3v) is 7.54. The Morgan fingerprint density at radius 3 is 2.32 bits per heavy atom. The van der Waals surface area contributed by atoms with Gasteiger partial charge in [0.05, 0.1) is 12.0 Å². The summed E-state index contributed by atoms with van der Waals surface area (Å²) in [5.41, 5.74) is 3.47. The van der Waals surface area contributed by atoms with Gasteiger partial charge in [-0.1, -0.05) is 23.8 Å². The van der Waals surface area contributed by atoms with E-state index in [2.05, 4.69) is 5.32 Å². The number of anilines is 3. The smallest absolute Gasteiger partial charge is 0.229 e. The SMILES string of the molecule is Cc1ccc(N2C(=O)CCC(C(=O)Nc3ccc(N4CCCC4=O)cc3)C2c2cccs2)cc1. The van der Waals surface area contributed by atoms with E-state index in [0.717, 1.165) is 34.8 Å². The standard InChI is InChI=1S/C27H27N3O3S/c1-18-6-10-21(11-7-18)30-25(32)15-14-22(26(30)23-4-3-17-34-23)27(33)28-19-8-12-20(13-9-19)29-16-2-5-24(29)31/h3-4,6-13,17,22,26H,2,5,14-16H2,1H3,(H,28,33). The second-order valence-corrected chi connectivity index (χ2v) is 9.87. The second kappa shape index (κ2) is 9.43. The van der Waals surface area contributed by atoms with Crippen LogP contribution >= 0.6 is 11.3 Å². The molecule has 1 aromatic heterocycles. The molecule has 5 rings (SSSR count). The zero-order valence-electron chi connectivity index (χ0n) is 19.1. The zero-order chi connectivity index (χ0) is 23.7. The molecule has 0 saturated carbocycles. The van der Waals surface area contributed by atoms with E-state index < -0.39 is 0 Å². The van der Waals surface area contributed by atoms with E-state index in [9.17, 15) is 14.4 Å². The molecular formula is C27H27N3O3S. The van der Waals surface area contributed by atoms with Crippen LogP contribution in [0.25, 0.3) is 0 Å². The van der Waals surface area contributed by atoms with E-state index >= 15 is 0 Å². The van der Waals surface area contributed by atoms with Gasteiger partial charge in [-0.2, -0.15) is 0 Å². The molecule has 34 heavy (non-hydrogen) atoms. The molecular weight excluding hydrogens is 446 g/mol. The molecule has 3 amide bonds. The Morgan fingerprint density at radius 1 is 0.941 bits per heavy atom. The van der Waals surface area contributed by atoms with E-state index in [1.165, 1.54) is 0 Å². The van der Waals surface area contributed by atoms with Crippen LogP contribution in [-0.4, -0.2) is 24.3 Å². The van der Waals surface area contributed by atoms with Gasteiger partial charge in [-0.15, -0.1) is 11.3 Å². The molecule has 0 spiro atoms. The molecule has 0 aliphatic carbocycles. The third kappa shape index (κ3) is 4.35. The average molecular weight is 474 g/mol. The minimum absolute atomic E-state index is 0.0333. The molecule has 2 aromatic carbocycles. The van der Waals surface area contributed by atoms with Crippen LogP contribution < -0.4 is 15.1 Å². The van der Waals surface area contributed by atoms with Gasteiger partial charge in [0, 0.05) is 41.3 Å². The summed E-state index contributed by atoms with van der Waals surface area (Å²) in [6, 6.07) is 18.9. The highest BCUT2D eigenvalue weighted by Gasteiger charge is 2.42. The van der Waals surface area contributed by atoms with Gasteiger partial charge >= 0.3 is 0 Å². The monoisotopic (exact) mass is 473 g/mol. The molecule has 2 saturated heterocycles. The Bertz CT molecular complexity index is 1190. The topological polar surface area (TPSA) is 69.7 Å². The number of thiophene rings is 1. The van der Waals surface area contributed by atoms with Gasteiger partial charge in [-0.3, -0.25) is 14.4 Å². The van der Waals surface area contributed by atoms with Crippen molar-refractivity contribution in [3.8, 4) is 0 Å². The molecule has 6 nitrogen and oxygen atoms in total. The lowest BCUT2D eigenvalue weighted by molar-refractivity contribution is -0.126. The number of hydrogen-bond donors (Lipinski definition) is 1. The van der Waals surface area contributed by atoms with Crippen LogP contribution in [0.1, 0.15) is 42.2 Å². The summed E-state index contributed by atoms with van der Waals surface area (Å²) in [5.74, 6) is -0.310. The molecule has 3 heterocycles. The van der Waals surface area contributed by atoms with E-state index in [1.54, 1.807) is 21.1 Å². The maximum atomic E-state index is 13.5. The van der Waals surface area contributed by atoms with Crippen molar-refractivity contribution in [3.63, 3.8) is 0 Å². The first-order chi connectivity index (χ1) is 16.5. The maximum absolute atomic E-state index is 13.5. The summed E-state index contributed by atoms with van der Waals surface area (Å²) >= 11 is 1.57. The van der Waals surface area contributed by atoms with Crippen LogP contribution in [-0.2, 0) is 14.4 Å². The normalized spacial score (nSPS) is 20.6. The number of rotatable bonds is 5. The zero-order valence-corrected chi connectivity index (χ0v) is 19.9. The molecule has 2 aliphatic heterocycles. The molecule has 3 aromatic rings. The first kappa shape index (κ1) is 22.3. The lowest BCUT2D eigenvalue weighted by Gasteiger charge is -2.40. The van der Waals surface area contributed by atoms with Crippen molar-refractivity contribution in [3.05, 3.63) is 76.5 Å². The largest absolute Gasteiger partial charge is 0.326 e. The fourth-order valence-corrected chi connectivity index (χ4v) is 5.72. The van der Waals surface area contributed by atoms with Crippen molar-refractivity contribution in [2.24, 2.45) is 5.92 Å². The highest BCUT2D eigenvalue weighted by molar-refractivity contribution is 7.10. The highest BCUT2D eigenvalue weighted by atomic mass is 32.1. The number of hydrogen-bond acceptors (Lipinski definition) is 4. The summed E-state index contributed by atoms with van der Waals surface area (Å²) in [6.45, 7) is 2.75. The Labute approximate surface area is 203 Å². The number of carbonyl (C=O) groups excluding carboxylic acids is 3. The average Bonchev–Trinajstić information content (AvgIpc) is 3.52. The number of nitrogens with one attached hydrogen (secondary N) is 1. The van der Waals surface area contributed by atoms with Crippen molar-refractivity contribution in [2.45, 2.75) is 38.6 Å². The molecule has 7 heteroatoms. The van der Waals surface area contributed by atoms with Crippen LogP contribution in [0, 0.1) is 12.8 Å². The lowest BCUT2D eigenvalue weighted by Crippen LogP contribution is -2.46. The van der Waals surface area contributed by atoms with Crippen LogP contribution in [0.3, 0.4) is 0 Å². The predicted octanol–water partition coefficient (Wildman–Crippen LogP) is 5.31. The summed E-state index contributed by atoms with van der Waals surface area (Å²) in [4.78, 5) is 43.1. The molecule has 2 unspecified atom stereocenters. The Kier molecular flexibility index (Phi) is 6.20. The Balaban J connectivity index is 1.40.